The average molecular weight is 311 g/mol. The summed E-state index contributed by atoms with van der Waals surface area (Å²) in [4.78, 5) is 27.1. The number of hydrogen-bond donors (Lipinski definition) is 0. The number of carbonyl (C=O) groups excluding carboxylic acids is 2. The van der Waals surface area contributed by atoms with Crippen LogP contribution in [0.1, 0.15) is 48.0 Å². The molecule has 2 aliphatic rings. The van der Waals surface area contributed by atoms with Gasteiger partial charge in [-0.3, -0.25) is 9.59 Å². The second-order valence-electron chi connectivity index (χ2n) is 6.81. The second kappa shape index (κ2) is 7.12. The van der Waals surface area contributed by atoms with E-state index in [0.717, 1.165) is 50.8 Å². The van der Waals surface area contributed by atoms with Crippen molar-refractivity contribution in [3.8, 4) is 0 Å². The Morgan fingerprint density at radius 3 is 2.26 bits per heavy atom. The van der Waals surface area contributed by atoms with Crippen LogP contribution in [0.5, 0.6) is 0 Å². The molecule has 3 heteroatoms. The fourth-order valence-corrected chi connectivity index (χ4v) is 3.59. The number of benzene rings is 1. The molecule has 0 spiro atoms. The summed E-state index contributed by atoms with van der Waals surface area (Å²) in [5, 5.41) is 0. The van der Waals surface area contributed by atoms with Crippen molar-refractivity contribution in [2.75, 3.05) is 13.1 Å². The third-order valence-electron chi connectivity index (χ3n) is 5.13. The van der Waals surface area contributed by atoms with Gasteiger partial charge in [-0.05, 0) is 39.0 Å². The molecule has 1 aliphatic carbocycles. The van der Waals surface area contributed by atoms with E-state index in [-0.39, 0.29) is 23.5 Å². The summed E-state index contributed by atoms with van der Waals surface area (Å²) in [6.45, 7) is 3.47. The summed E-state index contributed by atoms with van der Waals surface area (Å²) in [6.07, 6.45) is 8.73. The molecule has 0 radical (unpaired) electrons. The predicted molar refractivity (Wildman–Crippen MR) is 91.3 cm³/mol. The van der Waals surface area contributed by atoms with Crippen molar-refractivity contribution in [2.24, 2.45) is 11.8 Å². The van der Waals surface area contributed by atoms with E-state index < -0.39 is 0 Å². The first-order valence-electron chi connectivity index (χ1n) is 8.70. The SMILES string of the molecule is Cc1ccc(C(=O)C2CCN(C(=O)[C@@H]3CC=CCC3)CC2)cc1. The summed E-state index contributed by atoms with van der Waals surface area (Å²) < 4.78 is 0. The number of amides is 1. The van der Waals surface area contributed by atoms with Crippen LogP contribution >= 0.6 is 0 Å². The third-order valence-corrected chi connectivity index (χ3v) is 5.13. The maximum Gasteiger partial charge on any atom is 0.226 e. The van der Waals surface area contributed by atoms with E-state index in [9.17, 15) is 9.59 Å². The van der Waals surface area contributed by atoms with Crippen LogP contribution in [0.2, 0.25) is 0 Å². The molecule has 1 heterocycles. The van der Waals surface area contributed by atoms with Crippen molar-refractivity contribution in [2.45, 2.75) is 39.0 Å². The Bertz CT molecular complexity index is 595. The molecular weight excluding hydrogens is 286 g/mol. The summed E-state index contributed by atoms with van der Waals surface area (Å²) in [6, 6.07) is 7.82. The molecule has 1 amide bonds. The normalized spacial score (nSPS) is 22.1. The molecule has 0 bridgehead atoms. The predicted octanol–water partition coefficient (Wildman–Crippen LogP) is 3.77. The van der Waals surface area contributed by atoms with E-state index in [0.29, 0.717) is 0 Å². The van der Waals surface area contributed by atoms with Crippen molar-refractivity contribution in [3.63, 3.8) is 0 Å². The van der Waals surface area contributed by atoms with Crippen LogP contribution in [0, 0.1) is 18.8 Å². The lowest BCUT2D eigenvalue weighted by Crippen LogP contribution is -2.43. The number of rotatable bonds is 3. The van der Waals surface area contributed by atoms with E-state index in [2.05, 4.69) is 12.2 Å². The molecule has 1 atom stereocenters. The number of nitrogens with zero attached hydrogens (tertiary/aromatic N) is 1. The Balaban J connectivity index is 1.55. The van der Waals surface area contributed by atoms with E-state index in [1.165, 1.54) is 5.56 Å². The van der Waals surface area contributed by atoms with Crippen molar-refractivity contribution >= 4 is 11.7 Å². The number of likely N-dealkylation sites (tertiary alicyclic amines) is 1. The Kier molecular flexibility index (Phi) is 4.94. The molecule has 1 fully saturated rings. The lowest BCUT2D eigenvalue weighted by atomic mass is 9.87. The number of carbonyl (C=O) groups is 2. The fourth-order valence-electron chi connectivity index (χ4n) is 3.59. The molecule has 0 N–H and O–H groups in total. The molecule has 3 rings (SSSR count). The summed E-state index contributed by atoms with van der Waals surface area (Å²) in [5.41, 5.74) is 1.97. The maximum absolute atomic E-state index is 12.6. The minimum absolute atomic E-state index is 0.0630. The Morgan fingerprint density at radius 2 is 1.65 bits per heavy atom. The summed E-state index contributed by atoms with van der Waals surface area (Å²) in [5.74, 6) is 0.741. The quantitative estimate of drug-likeness (QED) is 0.629. The highest BCUT2D eigenvalue weighted by molar-refractivity contribution is 5.98. The van der Waals surface area contributed by atoms with Gasteiger partial charge in [0.1, 0.15) is 0 Å². The number of allylic oxidation sites excluding steroid dienone is 2. The second-order valence-corrected chi connectivity index (χ2v) is 6.81. The molecule has 0 saturated carbocycles. The van der Waals surface area contributed by atoms with Gasteiger partial charge in [-0.25, -0.2) is 0 Å². The lowest BCUT2D eigenvalue weighted by molar-refractivity contribution is -0.137. The largest absolute Gasteiger partial charge is 0.342 e. The monoisotopic (exact) mass is 311 g/mol. The van der Waals surface area contributed by atoms with Gasteiger partial charge in [-0.15, -0.1) is 0 Å². The topological polar surface area (TPSA) is 37.4 Å². The zero-order chi connectivity index (χ0) is 16.2. The van der Waals surface area contributed by atoms with Crippen molar-refractivity contribution in [3.05, 3.63) is 47.5 Å². The molecule has 1 aromatic carbocycles. The van der Waals surface area contributed by atoms with Gasteiger partial charge in [0.2, 0.25) is 5.91 Å². The van der Waals surface area contributed by atoms with Crippen LogP contribution in [-0.2, 0) is 4.79 Å². The van der Waals surface area contributed by atoms with Crippen molar-refractivity contribution in [1.29, 1.82) is 0 Å². The molecule has 1 aliphatic heterocycles. The molecule has 0 unspecified atom stereocenters. The summed E-state index contributed by atoms with van der Waals surface area (Å²) >= 11 is 0. The molecule has 1 aromatic rings. The van der Waals surface area contributed by atoms with Crippen molar-refractivity contribution < 1.29 is 9.59 Å². The molecule has 23 heavy (non-hydrogen) atoms. The highest BCUT2D eigenvalue weighted by Gasteiger charge is 2.30. The van der Waals surface area contributed by atoms with Crippen LogP contribution in [0.15, 0.2) is 36.4 Å². The average Bonchev–Trinajstić information content (AvgIpc) is 2.62. The standard InChI is InChI=1S/C20H25NO2/c1-15-7-9-16(10-8-15)19(22)17-11-13-21(14-12-17)20(23)18-5-3-2-4-6-18/h2-3,7-10,17-18H,4-6,11-14H2,1H3/t18-/m1/s1. The van der Waals surface area contributed by atoms with Crippen LogP contribution in [0.3, 0.4) is 0 Å². The Labute approximate surface area is 138 Å². The molecule has 0 aromatic heterocycles. The maximum atomic E-state index is 12.6. The molecular formula is C20H25NO2. The van der Waals surface area contributed by atoms with E-state index in [1.807, 2.05) is 36.1 Å². The minimum Gasteiger partial charge on any atom is -0.342 e. The van der Waals surface area contributed by atoms with Gasteiger partial charge in [0.25, 0.3) is 0 Å². The van der Waals surface area contributed by atoms with Crippen LogP contribution in [-0.4, -0.2) is 29.7 Å². The lowest BCUT2D eigenvalue weighted by Gasteiger charge is -2.34. The Morgan fingerprint density at radius 1 is 0.957 bits per heavy atom. The van der Waals surface area contributed by atoms with Gasteiger partial charge in [0.15, 0.2) is 5.78 Å². The van der Waals surface area contributed by atoms with E-state index in [4.69, 9.17) is 0 Å². The zero-order valence-electron chi connectivity index (χ0n) is 13.8. The van der Waals surface area contributed by atoms with Crippen LogP contribution in [0.4, 0.5) is 0 Å². The molecule has 122 valence electrons. The van der Waals surface area contributed by atoms with Crippen LogP contribution < -0.4 is 0 Å². The Hall–Kier alpha value is -1.90. The van der Waals surface area contributed by atoms with Gasteiger partial charge in [-0.2, -0.15) is 0 Å². The number of piperidine rings is 1. The van der Waals surface area contributed by atoms with Gasteiger partial charge in [-0.1, -0.05) is 42.0 Å². The van der Waals surface area contributed by atoms with Gasteiger partial charge in [0, 0.05) is 30.5 Å². The first-order chi connectivity index (χ1) is 11.1. The van der Waals surface area contributed by atoms with E-state index >= 15 is 0 Å². The molecule has 1 saturated heterocycles. The smallest absolute Gasteiger partial charge is 0.226 e. The van der Waals surface area contributed by atoms with Crippen LogP contribution in [0.25, 0.3) is 0 Å². The minimum atomic E-state index is 0.0630. The van der Waals surface area contributed by atoms with Gasteiger partial charge >= 0.3 is 0 Å². The van der Waals surface area contributed by atoms with Gasteiger partial charge < -0.3 is 4.90 Å². The number of Topliss-reactive ketones (excluding diaryl/α,β-unsaturated/α-hetero) is 1. The highest BCUT2D eigenvalue weighted by Crippen LogP contribution is 2.26. The number of hydrogen-bond acceptors (Lipinski definition) is 2. The number of ketones is 1. The van der Waals surface area contributed by atoms with Crippen molar-refractivity contribution in [1.82, 2.24) is 4.90 Å². The third kappa shape index (κ3) is 3.72. The highest BCUT2D eigenvalue weighted by atomic mass is 16.2. The van der Waals surface area contributed by atoms with E-state index in [1.54, 1.807) is 0 Å². The first kappa shape index (κ1) is 16.0. The fraction of sp³-hybridized carbons (Fsp3) is 0.500. The first-order valence-corrected chi connectivity index (χ1v) is 8.70. The number of aryl methyl sites for hydroxylation is 1. The van der Waals surface area contributed by atoms with Gasteiger partial charge in [0.05, 0.1) is 0 Å². The zero-order valence-corrected chi connectivity index (χ0v) is 13.8. The molecule has 3 nitrogen and oxygen atoms in total. The summed E-state index contributed by atoms with van der Waals surface area (Å²) in [7, 11) is 0.